The summed E-state index contributed by atoms with van der Waals surface area (Å²) < 4.78 is 59.0. The molecule has 0 spiro atoms. The van der Waals surface area contributed by atoms with Crippen molar-refractivity contribution in [3.05, 3.63) is 12.2 Å². The number of aliphatic hydroxyl groups is 3. The molecule has 6 unspecified atom stereocenters. The molecule has 1 heterocycles. The Kier molecular flexibility index (Phi) is 37.4. The third-order valence-electron chi connectivity index (χ3n) is 11.4. The van der Waals surface area contributed by atoms with Crippen LogP contribution in [0.2, 0.25) is 0 Å². The number of rotatable bonds is 43. The molecule has 0 saturated carbocycles. The fourth-order valence-electron chi connectivity index (χ4n) is 7.67. The van der Waals surface area contributed by atoms with Gasteiger partial charge in [-0.15, -0.1) is 0 Å². The minimum absolute atomic E-state index is 0.0411. The van der Waals surface area contributed by atoms with E-state index in [2.05, 4.69) is 30.2 Å². The SMILES string of the molecule is CCCCCCCCCC/C=C\CCCCCCCCCCCCCC(=O)OC(COCCCCCCCCCCCC)COC1OC(CO)C(O)C(OS(=O)(=O)O)C1O. The number of ether oxygens (including phenoxy) is 4. The van der Waals surface area contributed by atoms with Gasteiger partial charge in [-0.25, -0.2) is 4.18 Å². The molecule has 1 aliphatic rings. The van der Waals surface area contributed by atoms with Gasteiger partial charge < -0.3 is 34.3 Å². The fourth-order valence-corrected chi connectivity index (χ4v) is 8.18. The van der Waals surface area contributed by atoms with Gasteiger partial charge in [0.25, 0.3) is 0 Å². The summed E-state index contributed by atoms with van der Waals surface area (Å²) in [5, 5.41) is 30.6. The van der Waals surface area contributed by atoms with E-state index >= 15 is 0 Å². The van der Waals surface area contributed by atoms with Crippen molar-refractivity contribution in [2.75, 3.05) is 26.4 Å². The van der Waals surface area contributed by atoms with Gasteiger partial charge in [-0.05, 0) is 38.5 Å². The molecule has 60 heavy (non-hydrogen) atoms. The van der Waals surface area contributed by atoms with Crippen LogP contribution in [0.5, 0.6) is 0 Å². The number of esters is 1. The molecule has 6 atom stereocenters. The van der Waals surface area contributed by atoms with Crippen molar-refractivity contribution in [1.29, 1.82) is 0 Å². The fraction of sp³-hybridized carbons (Fsp3) is 0.936. The minimum atomic E-state index is -5.06. The van der Waals surface area contributed by atoms with Crippen molar-refractivity contribution in [1.82, 2.24) is 0 Å². The topological polar surface area (TPSA) is 178 Å². The first-order valence-electron chi connectivity index (χ1n) is 24.4. The normalized spacial score (nSPS) is 20.3. The van der Waals surface area contributed by atoms with Gasteiger partial charge in [0, 0.05) is 13.0 Å². The monoisotopic (exact) mass is 879 g/mol. The highest BCUT2D eigenvalue weighted by atomic mass is 32.3. The molecule has 0 amide bonds. The van der Waals surface area contributed by atoms with Crippen LogP contribution >= 0.6 is 0 Å². The number of unbranched alkanes of at least 4 members (excludes halogenated alkanes) is 28. The zero-order valence-electron chi connectivity index (χ0n) is 38.0. The molecule has 13 heteroatoms. The lowest BCUT2D eigenvalue weighted by Crippen LogP contribution is -2.60. The highest BCUT2D eigenvalue weighted by Gasteiger charge is 2.48. The van der Waals surface area contributed by atoms with Crippen LogP contribution in [0.4, 0.5) is 0 Å². The lowest BCUT2D eigenvalue weighted by atomic mass is 9.99. The Balaban J connectivity index is 2.30. The maximum atomic E-state index is 12.9. The molecule has 1 saturated heterocycles. The van der Waals surface area contributed by atoms with Crippen LogP contribution in [0.1, 0.15) is 219 Å². The molecule has 1 fully saturated rings. The Morgan fingerprint density at radius 3 is 1.50 bits per heavy atom. The van der Waals surface area contributed by atoms with Crippen LogP contribution in [0, 0.1) is 0 Å². The highest BCUT2D eigenvalue weighted by molar-refractivity contribution is 7.80. The molecule has 1 aliphatic heterocycles. The van der Waals surface area contributed by atoms with E-state index in [-0.39, 0.29) is 19.6 Å². The van der Waals surface area contributed by atoms with Gasteiger partial charge >= 0.3 is 16.4 Å². The summed E-state index contributed by atoms with van der Waals surface area (Å²) in [4.78, 5) is 12.9. The van der Waals surface area contributed by atoms with Crippen LogP contribution < -0.4 is 0 Å². The van der Waals surface area contributed by atoms with E-state index in [1.54, 1.807) is 0 Å². The van der Waals surface area contributed by atoms with E-state index < -0.39 is 59.8 Å². The summed E-state index contributed by atoms with van der Waals surface area (Å²) in [5.74, 6) is -0.397. The Morgan fingerprint density at radius 1 is 0.617 bits per heavy atom. The van der Waals surface area contributed by atoms with E-state index in [9.17, 15) is 28.5 Å². The lowest BCUT2D eigenvalue weighted by molar-refractivity contribution is -0.301. The smallest absolute Gasteiger partial charge is 0.397 e. The van der Waals surface area contributed by atoms with Crippen molar-refractivity contribution in [3.8, 4) is 0 Å². The molecule has 0 aromatic rings. The number of hydrogen-bond acceptors (Lipinski definition) is 11. The van der Waals surface area contributed by atoms with E-state index in [1.807, 2.05) is 0 Å². The molecule has 356 valence electrons. The number of carbonyl (C=O) groups excluding carboxylic acids is 1. The van der Waals surface area contributed by atoms with E-state index in [1.165, 1.54) is 154 Å². The van der Waals surface area contributed by atoms with Gasteiger partial charge in [0.2, 0.25) is 0 Å². The molecule has 0 bridgehead atoms. The summed E-state index contributed by atoms with van der Waals surface area (Å²) in [5.41, 5.74) is 0. The predicted molar refractivity (Wildman–Crippen MR) is 239 cm³/mol. The maximum absolute atomic E-state index is 12.9. The van der Waals surface area contributed by atoms with Crippen molar-refractivity contribution in [2.24, 2.45) is 0 Å². The number of hydrogen-bond donors (Lipinski definition) is 4. The molecule has 0 aromatic heterocycles. The third kappa shape index (κ3) is 32.5. The molecule has 12 nitrogen and oxygen atoms in total. The van der Waals surface area contributed by atoms with Gasteiger partial charge in [-0.2, -0.15) is 8.42 Å². The van der Waals surface area contributed by atoms with Crippen LogP contribution in [-0.4, -0.2) is 97.5 Å². The molecule has 0 aliphatic carbocycles. The zero-order valence-corrected chi connectivity index (χ0v) is 38.9. The lowest BCUT2D eigenvalue weighted by Gasteiger charge is -2.41. The average molecular weight is 879 g/mol. The number of allylic oxidation sites excluding steroid dienone is 2. The molecule has 1 rings (SSSR count). The van der Waals surface area contributed by atoms with Gasteiger partial charge in [-0.3, -0.25) is 9.35 Å². The molecule has 0 radical (unpaired) electrons. The quantitative estimate of drug-likeness (QED) is 0.0197. The third-order valence-corrected chi connectivity index (χ3v) is 11.9. The predicted octanol–water partition coefficient (Wildman–Crippen LogP) is 10.6. The second-order valence-electron chi connectivity index (χ2n) is 17.1. The van der Waals surface area contributed by atoms with Gasteiger partial charge in [-0.1, -0.05) is 187 Å². The Hall–Kier alpha value is -1.16. The summed E-state index contributed by atoms with van der Waals surface area (Å²) in [7, 11) is -5.06. The highest BCUT2D eigenvalue weighted by Crippen LogP contribution is 2.26. The molecule has 0 aromatic carbocycles. The van der Waals surface area contributed by atoms with E-state index in [0.29, 0.717) is 13.0 Å². The molecular weight excluding hydrogens is 789 g/mol. The van der Waals surface area contributed by atoms with Gasteiger partial charge in [0.1, 0.15) is 30.5 Å². The van der Waals surface area contributed by atoms with E-state index in [4.69, 9.17) is 23.5 Å². The number of carbonyl (C=O) groups is 1. The second-order valence-corrected chi connectivity index (χ2v) is 18.1. The minimum Gasteiger partial charge on any atom is -0.457 e. The van der Waals surface area contributed by atoms with Crippen molar-refractivity contribution < 1.29 is 56.2 Å². The van der Waals surface area contributed by atoms with Crippen LogP contribution in [0.25, 0.3) is 0 Å². The maximum Gasteiger partial charge on any atom is 0.397 e. The Morgan fingerprint density at radius 2 is 1.05 bits per heavy atom. The van der Waals surface area contributed by atoms with Crippen LogP contribution in [0.3, 0.4) is 0 Å². The molecular formula is C47H90O12S. The largest absolute Gasteiger partial charge is 0.457 e. The van der Waals surface area contributed by atoms with E-state index in [0.717, 1.165) is 38.5 Å². The zero-order chi connectivity index (χ0) is 43.9. The van der Waals surface area contributed by atoms with Crippen LogP contribution in [0.15, 0.2) is 12.2 Å². The summed E-state index contributed by atoms with van der Waals surface area (Å²) in [6, 6.07) is 0. The van der Waals surface area contributed by atoms with Crippen molar-refractivity contribution in [2.45, 2.75) is 256 Å². The van der Waals surface area contributed by atoms with Crippen LogP contribution in [-0.2, 0) is 38.3 Å². The van der Waals surface area contributed by atoms with Crippen molar-refractivity contribution in [3.63, 3.8) is 0 Å². The Bertz CT molecular complexity index is 1110. The summed E-state index contributed by atoms with van der Waals surface area (Å²) in [6.45, 7) is 4.01. The van der Waals surface area contributed by atoms with Gasteiger partial charge in [0.05, 0.1) is 19.8 Å². The standard InChI is InChI=1S/C47H90O12S/c1-3-5-7-9-11-13-15-16-17-18-19-20-21-22-23-24-25-26-27-28-30-32-34-36-43(49)57-41(39-55-37-35-33-31-29-14-12-10-8-6-4-2)40-56-47-45(51)46(59-60(52,53)54)44(50)42(38-48)58-47/h18-19,41-42,44-48,50-51H,3-17,20-40H2,1-2H3,(H,52,53,54)/b19-18-. The second kappa shape index (κ2) is 39.4. The summed E-state index contributed by atoms with van der Waals surface area (Å²) in [6.07, 6.45) is 34.0. The van der Waals surface area contributed by atoms with Crippen molar-refractivity contribution >= 4 is 16.4 Å². The Labute approximate surface area is 366 Å². The first-order chi connectivity index (χ1) is 29.1. The van der Waals surface area contributed by atoms with Gasteiger partial charge in [0.15, 0.2) is 6.29 Å². The summed E-state index contributed by atoms with van der Waals surface area (Å²) >= 11 is 0. The molecule has 4 N–H and O–H groups in total. The first kappa shape index (κ1) is 56.9. The first-order valence-corrected chi connectivity index (χ1v) is 25.8. The number of aliphatic hydroxyl groups excluding tert-OH is 3. The average Bonchev–Trinajstić information content (AvgIpc) is 3.22.